The molecule has 1 amide bonds. The fraction of sp³-hybridized carbons (Fsp3) is 0.923. The monoisotopic (exact) mass is 224 g/mol. The van der Waals surface area contributed by atoms with Crippen LogP contribution in [0.25, 0.3) is 0 Å². The molecule has 0 aromatic rings. The van der Waals surface area contributed by atoms with Gasteiger partial charge in [-0.1, -0.05) is 6.92 Å². The van der Waals surface area contributed by atoms with Gasteiger partial charge in [-0.25, -0.2) is 0 Å². The van der Waals surface area contributed by atoms with Crippen molar-refractivity contribution in [3.8, 4) is 0 Å². The van der Waals surface area contributed by atoms with Crippen molar-refractivity contribution in [3.63, 3.8) is 0 Å². The maximum Gasteiger partial charge on any atom is 0.227 e. The number of piperidine rings is 2. The third-order valence-electron chi connectivity index (χ3n) is 4.05. The lowest BCUT2D eigenvalue weighted by atomic mass is 9.89. The molecular weight excluding hydrogens is 200 g/mol. The molecule has 2 rings (SSSR count). The maximum atomic E-state index is 12.4. The standard InChI is InChI=1S/C13H24N2O/c1-10-5-4-8-15(9-10)13(16)12-6-3-7-14-11(12)2/h10-12,14H,3-9H2,1-2H3. The quantitative estimate of drug-likeness (QED) is 0.734. The third kappa shape index (κ3) is 2.57. The lowest BCUT2D eigenvalue weighted by Crippen LogP contribution is -2.50. The van der Waals surface area contributed by atoms with Gasteiger partial charge in [0.05, 0.1) is 5.92 Å². The second kappa shape index (κ2) is 5.17. The zero-order valence-corrected chi connectivity index (χ0v) is 10.5. The lowest BCUT2D eigenvalue weighted by molar-refractivity contribution is -0.139. The van der Waals surface area contributed by atoms with Crippen LogP contribution in [0, 0.1) is 11.8 Å². The van der Waals surface area contributed by atoms with Gasteiger partial charge in [0, 0.05) is 19.1 Å². The first-order chi connectivity index (χ1) is 7.68. The molecule has 0 aliphatic carbocycles. The molecule has 16 heavy (non-hydrogen) atoms. The average Bonchev–Trinajstić information content (AvgIpc) is 2.29. The molecule has 3 unspecified atom stereocenters. The number of hydrogen-bond donors (Lipinski definition) is 1. The molecule has 0 radical (unpaired) electrons. The van der Waals surface area contributed by atoms with Crippen LogP contribution in [0.2, 0.25) is 0 Å². The summed E-state index contributed by atoms with van der Waals surface area (Å²) in [5.41, 5.74) is 0. The first kappa shape index (κ1) is 11.9. The van der Waals surface area contributed by atoms with E-state index < -0.39 is 0 Å². The first-order valence-electron chi connectivity index (χ1n) is 6.70. The topological polar surface area (TPSA) is 32.3 Å². The summed E-state index contributed by atoms with van der Waals surface area (Å²) in [7, 11) is 0. The minimum Gasteiger partial charge on any atom is -0.342 e. The van der Waals surface area contributed by atoms with Crippen LogP contribution in [0.5, 0.6) is 0 Å². The molecular formula is C13H24N2O. The van der Waals surface area contributed by atoms with Gasteiger partial charge in [0.25, 0.3) is 0 Å². The lowest BCUT2D eigenvalue weighted by Gasteiger charge is -2.37. The van der Waals surface area contributed by atoms with Gasteiger partial charge in [-0.3, -0.25) is 4.79 Å². The fourth-order valence-electron chi connectivity index (χ4n) is 3.01. The molecule has 0 bridgehead atoms. The van der Waals surface area contributed by atoms with Gasteiger partial charge in [0.1, 0.15) is 0 Å². The minimum absolute atomic E-state index is 0.221. The third-order valence-corrected chi connectivity index (χ3v) is 4.05. The smallest absolute Gasteiger partial charge is 0.227 e. The normalized spacial score (nSPS) is 36.1. The van der Waals surface area contributed by atoms with E-state index in [1.807, 2.05) is 0 Å². The molecule has 0 aromatic carbocycles. The zero-order valence-electron chi connectivity index (χ0n) is 10.5. The highest BCUT2D eigenvalue weighted by molar-refractivity contribution is 5.79. The Bertz CT molecular complexity index is 254. The van der Waals surface area contributed by atoms with Crippen molar-refractivity contribution in [1.29, 1.82) is 0 Å². The van der Waals surface area contributed by atoms with Crippen molar-refractivity contribution >= 4 is 5.91 Å². The van der Waals surface area contributed by atoms with Crippen LogP contribution in [0.3, 0.4) is 0 Å². The molecule has 2 heterocycles. The first-order valence-corrected chi connectivity index (χ1v) is 6.70. The second-order valence-electron chi connectivity index (χ2n) is 5.52. The number of carbonyl (C=O) groups is 1. The van der Waals surface area contributed by atoms with Crippen LogP contribution in [0.1, 0.15) is 39.5 Å². The Morgan fingerprint density at radius 3 is 2.75 bits per heavy atom. The number of carbonyl (C=O) groups excluding carboxylic acids is 1. The molecule has 3 nitrogen and oxygen atoms in total. The Hall–Kier alpha value is -0.570. The fourth-order valence-corrected chi connectivity index (χ4v) is 3.01. The zero-order chi connectivity index (χ0) is 11.5. The van der Waals surface area contributed by atoms with Crippen molar-refractivity contribution in [2.45, 2.75) is 45.6 Å². The molecule has 3 atom stereocenters. The van der Waals surface area contributed by atoms with Crippen LogP contribution in [0.15, 0.2) is 0 Å². The maximum absolute atomic E-state index is 12.4. The number of rotatable bonds is 1. The van der Waals surface area contributed by atoms with Crippen molar-refractivity contribution in [2.24, 2.45) is 11.8 Å². The average molecular weight is 224 g/mol. The Morgan fingerprint density at radius 2 is 2.06 bits per heavy atom. The molecule has 1 N–H and O–H groups in total. The van der Waals surface area contributed by atoms with Crippen LogP contribution in [-0.2, 0) is 4.79 Å². The highest BCUT2D eigenvalue weighted by Gasteiger charge is 2.32. The number of nitrogens with one attached hydrogen (secondary N) is 1. The second-order valence-corrected chi connectivity index (χ2v) is 5.52. The van der Waals surface area contributed by atoms with E-state index in [-0.39, 0.29) is 5.92 Å². The van der Waals surface area contributed by atoms with Gasteiger partial charge < -0.3 is 10.2 Å². The van der Waals surface area contributed by atoms with Gasteiger partial charge in [-0.15, -0.1) is 0 Å². The summed E-state index contributed by atoms with van der Waals surface area (Å²) < 4.78 is 0. The summed E-state index contributed by atoms with van der Waals surface area (Å²) in [6, 6.07) is 0.360. The van der Waals surface area contributed by atoms with E-state index in [4.69, 9.17) is 0 Å². The molecule has 0 spiro atoms. The van der Waals surface area contributed by atoms with E-state index in [0.717, 1.165) is 32.5 Å². The Morgan fingerprint density at radius 1 is 1.25 bits per heavy atom. The number of nitrogens with zero attached hydrogens (tertiary/aromatic N) is 1. The molecule has 92 valence electrons. The van der Waals surface area contributed by atoms with Crippen LogP contribution in [-0.4, -0.2) is 36.5 Å². The number of amides is 1. The summed E-state index contributed by atoms with van der Waals surface area (Å²) in [5.74, 6) is 1.30. The predicted molar refractivity (Wildman–Crippen MR) is 65.2 cm³/mol. The molecule has 2 aliphatic rings. The summed E-state index contributed by atoms with van der Waals surface area (Å²) >= 11 is 0. The molecule has 0 aromatic heterocycles. The largest absolute Gasteiger partial charge is 0.342 e. The van der Waals surface area contributed by atoms with E-state index in [1.165, 1.54) is 12.8 Å². The molecule has 2 saturated heterocycles. The van der Waals surface area contributed by atoms with E-state index >= 15 is 0 Å². The SMILES string of the molecule is CC1CCCN(C(=O)C2CCCNC2C)C1. The predicted octanol–water partition coefficient (Wildman–Crippen LogP) is 1.63. The Kier molecular flexibility index (Phi) is 3.85. The van der Waals surface area contributed by atoms with Crippen LogP contribution < -0.4 is 5.32 Å². The molecule has 3 heteroatoms. The summed E-state index contributed by atoms with van der Waals surface area (Å²) in [5, 5.41) is 3.42. The van der Waals surface area contributed by atoms with E-state index in [9.17, 15) is 4.79 Å². The minimum atomic E-state index is 0.221. The summed E-state index contributed by atoms with van der Waals surface area (Å²) in [4.78, 5) is 14.5. The summed E-state index contributed by atoms with van der Waals surface area (Å²) in [6.45, 7) is 7.42. The number of hydrogen-bond acceptors (Lipinski definition) is 2. The highest BCUT2D eigenvalue weighted by atomic mass is 16.2. The van der Waals surface area contributed by atoms with Gasteiger partial charge >= 0.3 is 0 Å². The molecule has 2 aliphatic heterocycles. The van der Waals surface area contributed by atoms with Gasteiger partial charge in [0.2, 0.25) is 5.91 Å². The molecule has 2 fully saturated rings. The van der Waals surface area contributed by atoms with Crippen molar-refractivity contribution in [3.05, 3.63) is 0 Å². The summed E-state index contributed by atoms with van der Waals surface area (Å²) in [6.07, 6.45) is 4.67. The van der Waals surface area contributed by atoms with E-state index in [2.05, 4.69) is 24.1 Å². The Labute approximate surface area is 98.6 Å². The van der Waals surface area contributed by atoms with Crippen LogP contribution >= 0.6 is 0 Å². The van der Waals surface area contributed by atoms with Gasteiger partial charge in [-0.05, 0) is 45.1 Å². The Balaban J connectivity index is 1.94. The highest BCUT2D eigenvalue weighted by Crippen LogP contribution is 2.23. The van der Waals surface area contributed by atoms with Crippen molar-refractivity contribution in [2.75, 3.05) is 19.6 Å². The van der Waals surface area contributed by atoms with Crippen LogP contribution in [0.4, 0.5) is 0 Å². The molecule has 0 saturated carbocycles. The van der Waals surface area contributed by atoms with Crippen molar-refractivity contribution in [1.82, 2.24) is 10.2 Å². The van der Waals surface area contributed by atoms with Gasteiger partial charge in [0.15, 0.2) is 0 Å². The van der Waals surface area contributed by atoms with E-state index in [1.54, 1.807) is 0 Å². The van der Waals surface area contributed by atoms with E-state index in [0.29, 0.717) is 17.9 Å². The van der Waals surface area contributed by atoms with Gasteiger partial charge in [-0.2, -0.15) is 0 Å². The van der Waals surface area contributed by atoms with Crippen molar-refractivity contribution < 1.29 is 4.79 Å². The number of likely N-dealkylation sites (tertiary alicyclic amines) is 1.